The van der Waals surface area contributed by atoms with Gasteiger partial charge >= 0.3 is 5.97 Å². The average Bonchev–Trinajstić information content (AvgIpc) is 2.21. The van der Waals surface area contributed by atoms with Gasteiger partial charge in [0.05, 0.1) is 13.0 Å². The number of methoxy groups -OCH3 is 1. The van der Waals surface area contributed by atoms with Crippen molar-refractivity contribution in [2.24, 2.45) is 0 Å². The zero-order chi connectivity index (χ0) is 10.6. The van der Waals surface area contributed by atoms with E-state index in [9.17, 15) is 4.79 Å². The topological polar surface area (TPSA) is 26.3 Å². The molecule has 1 rings (SSSR count). The van der Waals surface area contributed by atoms with Crippen molar-refractivity contribution in [2.75, 3.05) is 7.11 Å². The second kappa shape index (κ2) is 4.80. The Balaban J connectivity index is 3.01. The summed E-state index contributed by atoms with van der Waals surface area (Å²) in [6.07, 6.45) is 0.775. The highest BCUT2D eigenvalue weighted by Gasteiger charge is 2.20. The van der Waals surface area contributed by atoms with Crippen LogP contribution in [0.15, 0.2) is 24.3 Å². The minimum absolute atomic E-state index is 0.124. The number of hydrogen-bond acceptors (Lipinski definition) is 2. The number of carbonyl (C=O) groups is 1. The third-order valence-electron chi connectivity index (χ3n) is 2.46. The van der Waals surface area contributed by atoms with Crippen LogP contribution in [-0.4, -0.2) is 13.1 Å². The first-order valence-corrected chi connectivity index (χ1v) is 4.84. The Morgan fingerprint density at radius 2 is 2.07 bits per heavy atom. The van der Waals surface area contributed by atoms with Gasteiger partial charge in [-0.15, -0.1) is 0 Å². The second-order valence-electron chi connectivity index (χ2n) is 3.34. The predicted octanol–water partition coefficient (Wildman–Crippen LogP) is 2.66. The van der Waals surface area contributed by atoms with Crippen LogP contribution in [0.3, 0.4) is 0 Å². The number of benzene rings is 1. The fourth-order valence-electron chi connectivity index (χ4n) is 1.63. The maximum absolute atomic E-state index is 11.5. The standard InChI is InChI=1S/C12H16O2/c1-4-10(12(13)14-3)11-8-6-5-7-9(11)2/h5-8,10H,4H2,1-3H3/t10-/m1/s1. The average molecular weight is 192 g/mol. The van der Waals surface area contributed by atoms with Gasteiger partial charge in [0.25, 0.3) is 0 Å². The van der Waals surface area contributed by atoms with Crippen LogP contribution >= 0.6 is 0 Å². The van der Waals surface area contributed by atoms with E-state index in [4.69, 9.17) is 4.74 Å². The summed E-state index contributed by atoms with van der Waals surface area (Å²) in [4.78, 5) is 11.5. The summed E-state index contributed by atoms with van der Waals surface area (Å²) in [7, 11) is 1.43. The van der Waals surface area contributed by atoms with Crippen LogP contribution in [0, 0.1) is 6.92 Å². The van der Waals surface area contributed by atoms with Crippen molar-refractivity contribution in [3.63, 3.8) is 0 Å². The molecule has 0 amide bonds. The lowest BCUT2D eigenvalue weighted by Crippen LogP contribution is -2.14. The second-order valence-corrected chi connectivity index (χ2v) is 3.34. The fourth-order valence-corrected chi connectivity index (χ4v) is 1.63. The van der Waals surface area contributed by atoms with Gasteiger partial charge in [0.1, 0.15) is 0 Å². The predicted molar refractivity (Wildman–Crippen MR) is 56.2 cm³/mol. The summed E-state index contributed by atoms with van der Waals surface area (Å²) in [5, 5.41) is 0. The van der Waals surface area contributed by atoms with Gasteiger partial charge in [-0.1, -0.05) is 31.2 Å². The quantitative estimate of drug-likeness (QED) is 0.688. The van der Waals surface area contributed by atoms with Crippen molar-refractivity contribution >= 4 is 5.97 Å². The Labute approximate surface area is 84.9 Å². The molecule has 0 N–H and O–H groups in total. The van der Waals surface area contributed by atoms with Gasteiger partial charge in [-0.25, -0.2) is 0 Å². The molecule has 0 heterocycles. The van der Waals surface area contributed by atoms with Crippen LogP contribution in [-0.2, 0) is 9.53 Å². The van der Waals surface area contributed by atoms with Gasteiger partial charge in [0.15, 0.2) is 0 Å². The minimum Gasteiger partial charge on any atom is -0.469 e. The van der Waals surface area contributed by atoms with Gasteiger partial charge in [-0.05, 0) is 24.5 Å². The van der Waals surface area contributed by atoms with E-state index in [-0.39, 0.29) is 11.9 Å². The van der Waals surface area contributed by atoms with E-state index in [0.717, 1.165) is 17.5 Å². The summed E-state index contributed by atoms with van der Waals surface area (Å²) >= 11 is 0. The van der Waals surface area contributed by atoms with Crippen molar-refractivity contribution in [3.8, 4) is 0 Å². The third kappa shape index (κ3) is 2.13. The van der Waals surface area contributed by atoms with Crippen LogP contribution in [0.2, 0.25) is 0 Å². The molecule has 0 aromatic heterocycles. The first-order valence-electron chi connectivity index (χ1n) is 4.84. The van der Waals surface area contributed by atoms with E-state index in [2.05, 4.69) is 0 Å². The van der Waals surface area contributed by atoms with E-state index in [1.165, 1.54) is 7.11 Å². The number of rotatable bonds is 3. The van der Waals surface area contributed by atoms with E-state index in [1.807, 2.05) is 38.1 Å². The summed E-state index contributed by atoms with van der Waals surface area (Å²) in [6, 6.07) is 7.93. The van der Waals surface area contributed by atoms with Crippen molar-refractivity contribution in [1.82, 2.24) is 0 Å². The zero-order valence-electron chi connectivity index (χ0n) is 8.91. The fraction of sp³-hybridized carbons (Fsp3) is 0.417. The minimum atomic E-state index is -0.151. The molecule has 1 aromatic carbocycles. The van der Waals surface area contributed by atoms with Crippen molar-refractivity contribution < 1.29 is 9.53 Å². The Bertz CT molecular complexity index is 318. The molecule has 0 aliphatic rings. The molecule has 0 radical (unpaired) electrons. The molecule has 0 spiro atoms. The highest BCUT2D eigenvalue weighted by Crippen LogP contribution is 2.23. The summed E-state index contributed by atoms with van der Waals surface area (Å²) in [5.41, 5.74) is 2.21. The van der Waals surface area contributed by atoms with Gasteiger partial charge in [0.2, 0.25) is 0 Å². The van der Waals surface area contributed by atoms with Gasteiger partial charge in [-0.3, -0.25) is 4.79 Å². The van der Waals surface area contributed by atoms with Crippen LogP contribution < -0.4 is 0 Å². The molecular formula is C12H16O2. The van der Waals surface area contributed by atoms with Crippen molar-refractivity contribution in [2.45, 2.75) is 26.2 Å². The number of esters is 1. The molecule has 14 heavy (non-hydrogen) atoms. The highest BCUT2D eigenvalue weighted by molar-refractivity contribution is 5.78. The molecule has 0 aliphatic carbocycles. The molecule has 1 atom stereocenters. The molecule has 76 valence electrons. The SMILES string of the molecule is CC[C@@H](C(=O)OC)c1ccccc1C. The maximum atomic E-state index is 11.5. The molecule has 2 nitrogen and oxygen atoms in total. The van der Waals surface area contributed by atoms with Gasteiger partial charge in [-0.2, -0.15) is 0 Å². The number of carbonyl (C=O) groups excluding carboxylic acids is 1. The van der Waals surface area contributed by atoms with Crippen molar-refractivity contribution in [3.05, 3.63) is 35.4 Å². The highest BCUT2D eigenvalue weighted by atomic mass is 16.5. The first-order chi connectivity index (χ1) is 6.70. The van der Waals surface area contributed by atoms with E-state index in [0.29, 0.717) is 0 Å². The lowest BCUT2D eigenvalue weighted by atomic mass is 9.93. The zero-order valence-corrected chi connectivity index (χ0v) is 8.91. The largest absolute Gasteiger partial charge is 0.469 e. The maximum Gasteiger partial charge on any atom is 0.313 e. The van der Waals surface area contributed by atoms with Crippen LogP contribution in [0.5, 0.6) is 0 Å². The Morgan fingerprint density at radius 3 is 2.57 bits per heavy atom. The smallest absolute Gasteiger partial charge is 0.313 e. The molecular weight excluding hydrogens is 176 g/mol. The van der Waals surface area contributed by atoms with E-state index in [1.54, 1.807) is 0 Å². The third-order valence-corrected chi connectivity index (χ3v) is 2.46. The molecule has 0 saturated carbocycles. The van der Waals surface area contributed by atoms with E-state index < -0.39 is 0 Å². The lowest BCUT2D eigenvalue weighted by molar-refractivity contribution is -0.142. The molecule has 0 fully saturated rings. The first kappa shape index (κ1) is 10.8. The van der Waals surface area contributed by atoms with E-state index >= 15 is 0 Å². The lowest BCUT2D eigenvalue weighted by Gasteiger charge is -2.14. The molecule has 0 bridgehead atoms. The summed E-state index contributed by atoms with van der Waals surface area (Å²) in [5.74, 6) is -0.275. The monoisotopic (exact) mass is 192 g/mol. The Morgan fingerprint density at radius 1 is 1.43 bits per heavy atom. The van der Waals surface area contributed by atoms with Gasteiger partial charge < -0.3 is 4.74 Å². The van der Waals surface area contributed by atoms with Crippen LogP contribution in [0.1, 0.15) is 30.4 Å². The summed E-state index contributed by atoms with van der Waals surface area (Å²) in [6.45, 7) is 4.01. The Hall–Kier alpha value is -1.31. The van der Waals surface area contributed by atoms with Gasteiger partial charge in [0, 0.05) is 0 Å². The molecule has 0 aliphatic heterocycles. The Kier molecular flexibility index (Phi) is 3.69. The summed E-state index contributed by atoms with van der Waals surface area (Å²) < 4.78 is 4.77. The molecule has 2 heteroatoms. The normalized spacial score (nSPS) is 12.2. The number of ether oxygens (including phenoxy) is 1. The van der Waals surface area contributed by atoms with Crippen molar-refractivity contribution in [1.29, 1.82) is 0 Å². The number of hydrogen-bond donors (Lipinski definition) is 0. The molecule has 1 aromatic rings. The molecule has 0 unspecified atom stereocenters. The van der Waals surface area contributed by atoms with Crippen LogP contribution in [0.25, 0.3) is 0 Å². The number of aryl methyl sites for hydroxylation is 1. The molecule has 0 saturated heterocycles. The van der Waals surface area contributed by atoms with Crippen LogP contribution in [0.4, 0.5) is 0 Å².